The van der Waals surface area contributed by atoms with Crippen LogP contribution in [0.5, 0.6) is 0 Å². The number of hydrogen-bond acceptors (Lipinski definition) is 3. The molecule has 1 fully saturated rings. The van der Waals surface area contributed by atoms with E-state index in [4.69, 9.17) is 4.74 Å². The van der Waals surface area contributed by atoms with Crippen molar-refractivity contribution < 1.29 is 9.53 Å². The summed E-state index contributed by atoms with van der Waals surface area (Å²) >= 11 is 0. The molecular formula is C15H31IN4O2. The van der Waals surface area contributed by atoms with Crippen molar-refractivity contribution in [3.05, 3.63) is 0 Å². The van der Waals surface area contributed by atoms with Gasteiger partial charge in [-0.2, -0.15) is 0 Å². The van der Waals surface area contributed by atoms with Crippen molar-refractivity contribution in [2.45, 2.75) is 32.6 Å². The number of rotatable bonds is 7. The van der Waals surface area contributed by atoms with E-state index in [1.807, 2.05) is 0 Å². The fourth-order valence-corrected chi connectivity index (χ4v) is 2.53. The molecule has 0 atom stereocenters. The topological polar surface area (TPSA) is 66.0 Å². The second-order valence-corrected chi connectivity index (χ2v) is 5.39. The fraction of sp³-hybridized carbons (Fsp3) is 0.867. The second-order valence-electron chi connectivity index (χ2n) is 5.39. The molecule has 1 aliphatic rings. The molecule has 1 heterocycles. The molecule has 0 unspecified atom stereocenters. The molecule has 0 aromatic rings. The van der Waals surface area contributed by atoms with Crippen LogP contribution < -0.4 is 10.6 Å². The number of hydrogen-bond donors (Lipinski definition) is 2. The van der Waals surface area contributed by atoms with Gasteiger partial charge in [-0.3, -0.25) is 9.79 Å². The van der Waals surface area contributed by atoms with Crippen molar-refractivity contribution in [1.29, 1.82) is 0 Å². The molecule has 0 aliphatic carbocycles. The number of likely N-dealkylation sites (tertiary alicyclic amines) is 1. The molecule has 1 amide bonds. The molecule has 0 spiro atoms. The number of piperidine rings is 1. The lowest BCUT2D eigenvalue weighted by Crippen LogP contribution is -2.46. The van der Waals surface area contributed by atoms with Crippen LogP contribution in [0.1, 0.15) is 32.6 Å². The third-order valence-corrected chi connectivity index (χ3v) is 3.77. The maximum Gasteiger partial charge on any atom is 0.220 e. The first kappa shape index (κ1) is 21.4. The Morgan fingerprint density at radius 3 is 2.59 bits per heavy atom. The summed E-state index contributed by atoms with van der Waals surface area (Å²) < 4.78 is 5.05. The summed E-state index contributed by atoms with van der Waals surface area (Å²) in [6.45, 7) is 6.44. The van der Waals surface area contributed by atoms with Gasteiger partial charge in [0.2, 0.25) is 5.91 Å². The van der Waals surface area contributed by atoms with Gasteiger partial charge in [0.1, 0.15) is 0 Å². The van der Waals surface area contributed by atoms with Gasteiger partial charge in [-0.1, -0.05) is 0 Å². The van der Waals surface area contributed by atoms with Crippen LogP contribution in [0, 0.1) is 5.92 Å². The first-order valence-electron chi connectivity index (χ1n) is 7.94. The first-order valence-corrected chi connectivity index (χ1v) is 7.94. The number of methoxy groups -OCH3 is 1. The monoisotopic (exact) mass is 426 g/mol. The molecule has 0 aromatic heterocycles. The summed E-state index contributed by atoms with van der Waals surface area (Å²) in [4.78, 5) is 18.4. The number of nitrogens with zero attached hydrogens (tertiary/aromatic N) is 2. The van der Waals surface area contributed by atoms with Crippen molar-refractivity contribution in [2.24, 2.45) is 10.9 Å². The van der Waals surface area contributed by atoms with Crippen LogP contribution in [-0.2, 0) is 9.53 Å². The van der Waals surface area contributed by atoms with Crippen LogP contribution in [0.2, 0.25) is 0 Å². The highest BCUT2D eigenvalue weighted by molar-refractivity contribution is 14.0. The molecule has 1 saturated heterocycles. The van der Waals surface area contributed by atoms with Crippen LogP contribution >= 0.6 is 24.0 Å². The van der Waals surface area contributed by atoms with Crippen molar-refractivity contribution in [3.8, 4) is 0 Å². The van der Waals surface area contributed by atoms with Crippen LogP contribution in [0.25, 0.3) is 0 Å². The Labute approximate surface area is 151 Å². The molecule has 6 nitrogen and oxygen atoms in total. The molecule has 2 N–H and O–H groups in total. The standard InChI is InChI=1S/C15H30N4O2.HI/c1-4-17-15(18-8-5-11-21-3)19-9-6-13(7-10-19)12-14(20)16-2;/h13H,4-12H2,1-3H3,(H,16,20)(H,17,18);1H. The summed E-state index contributed by atoms with van der Waals surface area (Å²) in [6, 6.07) is 0. The molecule has 0 aromatic carbocycles. The third kappa shape index (κ3) is 8.17. The molecule has 0 bridgehead atoms. The van der Waals surface area contributed by atoms with Crippen molar-refractivity contribution in [3.63, 3.8) is 0 Å². The maximum absolute atomic E-state index is 11.4. The molecular weight excluding hydrogens is 395 g/mol. The fourth-order valence-electron chi connectivity index (χ4n) is 2.53. The smallest absolute Gasteiger partial charge is 0.220 e. The number of nitrogens with one attached hydrogen (secondary N) is 2. The third-order valence-electron chi connectivity index (χ3n) is 3.77. The molecule has 0 radical (unpaired) electrons. The van der Waals surface area contributed by atoms with E-state index in [0.29, 0.717) is 12.3 Å². The number of amides is 1. The van der Waals surface area contributed by atoms with Crippen molar-refractivity contribution >= 4 is 35.8 Å². The van der Waals surface area contributed by atoms with E-state index in [2.05, 4.69) is 27.4 Å². The second kappa shape index (κ2) is 12.9. The van der Waals surface area contributed by atoms with E-state index in [9.17, 15) is 4.79 Å². The van der Waals surface area contributed by atoms with Crippen molar-refractivity contribution in [2.75, 3.05) is 46.9 Å². The highest BCUT2D eigenvalue weighted by Crippen LogP contribution is 2.20. The summed E-state index contributed by atoms with van der Waals surface area (Å²) in [6.07, 6.45) is 3.69. The van der Waals surface area contributed by atoms with Crippen LogP contribution in [0.4, 0.5) is 0 Å². The largest absolute Gasteiger partial charge is 0.385 e. The van der Waals surface area contributed by atoms with Gasteiger partial charge >= 0.3 is 0 Å². The zero-order valence-corrected chi connectivity index (χ0v) is 16.4. The van der Waals surface area contributed by atoms with Gasteiger partial charge in [0.25, 0.3) is 0 Å². The SMILES string of the molecule is CCNC(=NCCCOC)N1CCC(CC(=O)NC)CC1.I. The summed E-state index contributed by atoms with van der Waals surface area (Å²) in [5, 5.41) is 6.06. The number of aliphatic imine (C=N–C) groups is 1. The van der Waals surface area contributed by atoms with Gasteiger partial charge in [0.05, 0.1) is 0 Å². The summed E-state index contributed by atoms with van der Waals surface area (Å²) in [7, 11) is 3.42. The zero-order chi connectivity index (χ0) is 15.5. The normalized spacial score (nSPS) is 16.1. The minimum Gasteiger partial charge on any atom is -0.385 e. The Morgan fingerprint density at radius 2 is 2.05 bits per heavy atom. The predicted octanol–water partition coefficient (Wildman–Crippen LogP) is 1.45. The van der Waals surface area contributed by atoms with Gasteiger partial charge in [-0.05, 0) is 32.1 Å². The number of carbonyl (C=O) groups is 1. The lowest BCUT2D eigenvalue weighted by molar-refractivity contribution is -0.121. The highest BCUT2D eigenvalue weighted by atomic mass is 127. The van der Waals surface area contributed by atoms with Crippen LogP contribution in [0.15, 0.2) is 4.99 Å². The lowest BCUT2D eigenvalue weighted by atomic mass is 9.93. The minimum absolute atomic E-state index is 0. The van der Waals surface area contributed by atoms with Crippen LogP contribution in [-0.4, -0.2) is 63.7 Å². The number of ether oxygens (including phenoxy) is 1. The van der Waals surface area contributed by atoms with E-state index in [0.717, 1.165) is 58.0 Å². The molecule has 0 saturated carbocycles. The Hall–Kier alpha value is -0.570. The predicted molar refractivity (Wildman–Crippen MR) is 101 cm³/mol. The Balaban J connectivity index is 0.00000441. The van der Waals surface area contributed by atoms with E-state index in [-0.39, 0.29) is 29.9 Å². The Bertz CT molecular complexity index is 332. The highest BCUT2D eigenvalue weighted by Gasteiger charge is 2.22. The molecule has 1 aliphatic heterocycles. The number of guanidine groups is 1. The summed E-state index contributed by atoms with van der Waals surface area (Å²) in [5.41, 5.74) is 0. The minimum atomic E-state index is 0. The van der Waals surface area contributed by atoms with Gasteiger partial charge < -0.3 is 20.3 Å². The maximum atomic E-state index is 11.4. The van der Waals surface area contributed by atoms with Crippen molar-refractivity contribution in [1.82, 2.24) is 15.5 Å². The summed E-state index contributed by atoms with van der Waals surface area (Å²) in [5.74, 6) is 1.64. The Morgan fingerprint density at radius 1 is 1.36 bits per heavy atom. The molecule has 7 heteroatoms. The Kier molecular flexibility index (Phi) is 12.6. The van der Waals surface area contributed by atoms with Gasteiger partial charge in [-0.15, -0.1) is 24.0 Å². The van der Waals surface area contributed by atoms with Gasteiger partial charge in [0.15, 0.2) is 5.96 Å². The number of carbonyl (C=O) groups excluding carboxylic acids is 1. The average molecular weight is 426 g/mol. The average Bonchev–Trinajstić information content (AvgIpc) is 2.51. The lowest BCUT2D eigenvalue weighted by Gasteiger charge is -2.34. The number of halogens is 1. The van der Waals surface area contributed by atoms with Gasteiger partial charge in [-0.25, -0.2) is 0 Å². The molecule has 22 heavy (non-hydrogen) atoms. The quantitative estimate of drug-likeness (QED) is 0.280. The van der Waals surface area contributed by atoms with Gasteiger partial charge in [0, 0.05) is 53.4 Å². The molecule has 130 valence electrons. The van der Waals surface area contributed by atoms with E-state index in [1.54, 1.807) is 14.2 Å². The van der Waals surface area contributed by atoms with E-state index < -0.39 is 0 Å². The van der Waals surface area contributed by atoms with E-state index in [1.165, 1.54) is 0 Å². The van der Waals surface area contributed by atoms with E-state index >= 15 is 0 Å². The zero-order valence-electron chi connectivity index (χ0n) is 14.1. The van der Waals surface area contributed by atoms with Crippen LogP contribution in [0.3, 0.4) is 0 Å². The molecule has 1 rings (SSSR count). The first-order chi connectivity index (χ1) is 10.2.